The SMILES string of the molecule is CCCNC(=O)Cn1nnc(C(=O)OC)c1C1CCCN1. The van der Waals surface area contributed by atoms with Crippen molar-refractivity contribution in [2.45, 2.75) is 38.8 Å². The topological polar surface area (TPSA) is 98.1 Å². The van der Waals surface area contributed by atoms with Gasteiger partial charge in [-0.25, -0.2) is 9.48 Å². The highest BCUT2D eigenvalue weighted by Gasteiger charge is 2.29. The number of esters is 1. The van der Waals surface area contributed by atoms with Crippen molar-refractivity contribution in [2.24, 2.45) is 0 Å². The first-order chi connectivity index (χ1) is 10.2. The van der Waals surface area contributed by atoms with Crippen LogP contribution in [-0.2, 0) is 16.1 Å². The van der Waals surface area contributed by atoms with E-state index in [1.165, 1.54) is 11.8 Å². The first-order valence-corrected chi connectivity index (χ1v) is 7.19. The van der Waals surface area contributed by atoms with E-state index in [0.717, 1.165) is 25.8 Å². The summed E-state index contributed by atoms with van der Waals surface area (Å²) in [6.45, 7) is 3.53. The average molecular weight is 295 g/mol. The second kappa shape index (κ2) is 7.16. The number of nitrogens with zero attached hydrogens (tertiary/aromatic N) is 3. The van der Waals surface area contributed by atoms with Crippen LogP contribution >= 0.6 is 0 Å². The minimum absolute atomic E-state index is 0.0203. The predicted octanol–water partition coefficient (Wildman–Crippen LogP) is 0.0154. The van der Waals surface area contributed by atoms with Gasteiger partial charge in [0.2, 0.25) is 5.91 Å². The molecule has 0 saturated carbocycles. The predicted molar refractivity (Wildman–Crippen MR) is 74.6 cm³/mol. The Morgan fingerprint density at radius 2 is 2.33 bits per heavy atom. The van der Waals surface area contributed by atoms with Gasteiger partial charge >= 0.3 is 5.97 Å². The maximum absolute atomic E-state index is 11.9. The summed E-state index contributed by atoms with van der Waals surface area (Å²) in [7, 11) is 1.31. The van der Waals surface area contributed by atoms with Crippen LogP contribution in [0.25, 0.3) is 0 Å². The van der Waals surface area contributed by atoms with Crippen LogP contribution in [0.1, 0.15) is 48.4 Å². The van der Waals surface area contributed by atoms with E-state index in [1.54, 1.807) is 0 Å². The van der Waals surface area contributed by atoms with E-state index >= 15 is 0 Å². The molecule has 1 aliphatic rings. The maximum Gasteiger partial charge on any atom is 0.360 e. The highest BCUT2D eigenvalue weighted by molar-refractivity contribution is 5.88. The van der Waals surface area contributed by atoms with E-state index in [-0.39, 0.29) is 24.2 Å². The first kappa shape index (κ1) is 15.4. The van der Waals surface area contributed by atoms with Gasteiger partial charge in [-0.2, -0.15) is 0 Å². The fourth-order valence-corrected chi connectivity index (χ4v) is 2.40. The van der Waals surface area contributed by atoms with Crippen molar-refractivity contribution in [3.8, 4) is 0 Å². The second-order valence-electron chi connectivity index (χ2n) is 4.97. The van der Waals surface area contributed by atoms with Crippen molar-refractivity contribution >= 4 is 11.9 Å². The lowest BCUT2D eigenvalue weighted by atomic mass is 10.1. The Morgan fingerprint density at radius 3 is 2.95 bits per heavy atom. The van der Waals surface area contributed by atoms with Gasteiger partial charge in [-0.3, -0.25) is 4.79 Å². The fourth-order valence-electron chi connectivity index (χ4n) is 2.40. The largest absolute Gasteiger partial charge is 0.464 e. The van der Waals surface area contributed by atoms with Crippen molar-refractivity contribution in [3.05, 3.63) is 11.4 Å². The number of carbonyl (C=O) groups excluding carboxylic acids is 2. The molecule has 2 heterocycles. The molecule has 2 rings (SSSR count). The number of nitrogens with one attached hydrogen (secondary N) is 2. The Balaban J connectivity index is 2.21. The smallest absolute Gasteiger partial charge is 0.360 e. The van der Waals surface area contributed by atoms with Crippen LogP contribution in [0.3, 0.4) is 0 Å². The van der Waals surface area contributed by atoms with Gasteiger partial charge in [0, 0.05) is 6.54 Å². The molecular weight excluding hydrogens is 274 g/mol. The number of hydrogen-bond acceptors (Lipinski definition) is 6. The van der Waals surface area contributed by atoms with Gasteiger partial charge in [0.15, 0.2) is 5.69 Å². The Labute approximate surface area is 123 Å². The normalized spacial score (nSPS) is 17.7. The van der Waals surface area contributed by atoms with Gasteiger partial charge in [0.25, 0.3) is 0 Å². The molecule has 0 aromatic carbocycles. The van der Waals surface area contributed by atoms with Crippen LogP contribution in [0.2, 0.25) is 0 Å². The average Bonchev–Trinajstić information content (AvgIpc) is 3.13. The molecule has 1 aromatic rings. The molecule has 1 atom stereocenters. The Bertz CT molecular complexity index is 508. The molecule has 2 N–H and O–H groups in total. The third-order valence-corrected chi connectivity index (χ3v) is 3.41. The van der Waals surface area contributed by atoms with Gasteiger partial charge in [0.05, 0.1) is 18.8 Å². The fraction of sp³-hybridized carbons (Fsp3) is 0.692. The lowest BCUT2D eigenvalue weighted by molar-refractivity contribution is -0.121. The number of rotatable bonds is 6. The Kier molecular flexibility index (Phi) is 5.26. The molecule has 0 bridgehead atoms. The highest BCUT2D eigenvalue weighted by atomic mass is 16.5. The van der Waals surface area contributed by atoms with Crippen molar-refractivity contribution in [1.82, 2.24) is 25.6 Å². The van der Waals surface area contributed by atoms with Crippen LogP contribution in [0.4, 0.5) is 0 Å². The molecule has 1 fully saturated rings. The first-order valence-electron chi connectivity index (χ1n) is 7.19. The summed E-state index contributed by atoms with van der Waals surface area (Å²) in [5.74, 6) is -0.670. The molecule has 0 radical (unpaired) electrons. The molecule has 1 aliphatic heterocycles. The second-order valence-corrected chi connectivity index (χ2v) is 4.97. The van der Waals surface area contributed by atoms with Crippen LogP contribution in [-0.4, -0.2) is 47.1 Å². The van der Waals surface area contributed by atoms with Crippen LogP contribution in [0.15, 0.2) is 0 Å². The Morgan fingerprint density at radius 1 is 1.52 bits per heavy atom. The van der Waals surface area contributed by atoms with Gasteiger partial charge in [-0.15, -0.1) is 5.10 Å². The summed E-state index contributed by atoms with van der Waals surface area (Å²) in [4.78, 5) is 23.6. The van der Waals surface area contributed by atoms with E-state index in [4.69, 9.17) is 4.74 Å². The number of methoxy groups -OCH3 is 1. The summed E-state index contributed by atoms with van der Waals surface area (Å²) in [5.41, 5.74) is 0.811. The van der Waals surface area contributed by atoms with Crippen molar-refractivity contribution in [3.63, 3.8) is 0 Å². The van der Waals surface area contributed by atoms with Gasteiger partial charge in [0.1, 0.15) is 6.54 Å². The van der Waals surface area contributed by atoms with Crippen molar-refractivity contribution in [2.75, 3.05) is 20.2 Å². The third kappa shape index (κ3) is 3.57. The molecule has 116 valence electrons. The van der Waals surface area contributed by atoms with Gasteiger partial charge < -0.3 is 15.4 Å². The standard InChI is InChI=1S/C13H21N5O3/c1-3-6-15-10(19)8-18-12(9-5-4-7-14-9)11(16-17-18)13(20)21-2/h9,14H,3-8H2,1-2H3,(H,15,19). The molecule has 1 unspecified atom stereocenters. The van der Waals surface area contributed by atoms with Crippen LogP contribution < -0.4 is 10.6 Å². The molecule has 8 heteroatoms. The van der Waals surface area contributed by atoms with E-state index < -0.39 is 5.97 Å². The summed E-state index contributed by atoms with van der Waals surface area (Å²) in [6, 6.07) is -0.0203. The van der Waals surface area contributed by atoms with Gasteiger partial charge in [-0.05, 0) is 25.8 Å². The lowest BCUT2D eigenvalue weighted by Gasteiger charge is -2.13. The van der Waals surface area contributed by atoms with E-state index in [9.17, 15) is 9.59 Å². The number of hydrogen-bond donors (Lipinski definition) is 2. The molecular formula is C13H21N5O3. The number of aromatic nitrogens is 3. The summed E-state index contributed by atoms with van der Waals surface area (Å²) in [6.07, 6.45) is 2.76. The van der Waals surface area contributed by atoms with Crippen molar-refractivity contribution in [1.29, 1.82) is 0 Å². The zero-order valence-corrected chi connectivity index (χ0v) is 12.4. The van der Waals surface area contributed by atoms with Crippen molar-refractivity contribution < 1.29 is 14.3 Å². The lowest BCUT2D eigenvalue weighted by Crippen LogP contribution is -2.30. The minimum atomic E-state index is -0.529. The molecule has 1 aromatic heterocycles. The summed E-state index contributed by atoms with van der Waals surface area (Å²) < 4.78 is 6.22. The number of ether oxygens (including phenoxy) is 1. The third-order valence-electron chi connectivity index (χ3n) is 3.41. The molecule has 21 heavy (non-hydrogen) atoms. The number of amides is 1. The minimum Gasteiger partial charge on any atom is -0.464 e. The monoisotopic (exact) mass is 295 g/mol. The van der Waals surface area contributed by atoms with Crippen LogP contribution in [0, 0.1) is 0 Å². The molecule has 8 nitrogen and oxygen atoms in total. The molecule has 0 spiro atoms. The maximum atomic E-state index is 11.9. The summed E-state index contributed by atoms with van der Waals surface area (Å²) in [5, 5.41) is 13.9. The molecule has 0 aliphatic carbocycles. The Hall–Kier alpha value is -1.96. The molecule has 1 saturated heterocycles. The van der Waals surface area contributed by atoms with E-state index in [0.29, 0.717) is 12.2 Å². The van der Waals surface area contributed by atoms with Gasteiger partial charge in [-0.1, -0.05) is 12.1 Å². The zero-order valence-electron chi connectivity index (χ0n) is 12.4. The summed E-state index contributed by atoms with van der Waals surface area (Å²) >= 11 is 0. The highest BCUT2D eigenvalue weighted by Crippen LogP contribution is 2.25. The molecule has 1 amide bonds. The van der Waals surface area contributed by atoms with E-state index in [1.807, 2.05) is 6.92 Å². The quantitative estimate of drug-likeness (QED) is 0.718. The van der Waals surface area contributed by atoms with Crippen LogP contribution in [0.5, 0.6) is 0 Å². The number of carbonyl (C=O) groups is 2. The zero-order chi connectivity index (χ0) is 15.2. The van der Waals surface area contributed by atoms with E-state index in [2.05, 4.69) is 20.9 Å².